The van der Waals surface area contributed by atoms with Crippen molar-refractivity contribution in [2.75, 3.05) is 6.54 Å². The van der Waals surface area contributed by atoms with Crippen LogP contribution in [0.25, 0.3) is 22.3 Å². The van der Waals surface area contributed by atoms with Crippen molar-refractivity contribution >= 4 is 28.2 Å². The minimum Gasteiger partial charge on any atom is -0.438 e. The van der Waals surface area contributed by atoms with Gasteiger partial charge in [-0.2, -0.15) is 0 Å². The normalized spacial score (nSPS) is 17.7. The van der Waals surface area contributed by atoms with Crippen LogP contribution in [0.3, 0.4) is 0 Å². The van der Waals surface area contributed by atoms with Crippen LogP contribution in [0.2, 0.25) is 0 Å². The number of aromatic nitrogens is 5. The van der Waals surface area contributed by atoms with E-state index in [1.165, 1.54) is 0 Å². The second-order valence-electron chi connectivity index (χ2n) is 6.81. The van der Waals surface area contributed by atoms with Crippen molar-refractivity contribution in [1.29, 1.82) is 0 Å². The van der Waals surface area contributed by atoms with E-state index in [2.05, 4.69) is 20.3 Å². The van der Waals surface area contributed by atoms with Gasteiger partial charge in [0, 0.05) is 19.8 Å². The lowest BCUT2D eigenvalue weighted by molar-refractivity contribution is 0.0574. The van der Waals surface area contributed by atoms with Crippen LogP contribution >= 0.6 is 0 Å². The number of aryl methyl sites for hydroxylation is 1. The summed E-state index contributed by atoms with van der Waals surface area (Å²) in [6.45, 7) is 0.667. The number of nitrogens with zero attached hydrogens (tertiary/aromatic N) is 6. The van der Waals surface area contributed by atoms with Crippen LogP contribution in [0.4, 0.5) is 0 Å². The molecule has 4 heterocycles. The zero-order valence-corrected chi connectivity index (χ0v) is 14.9. The van der Waals surface area contributed by atoms with Gasteiger partial charge in [-0.3, -0.25) is 4.79 Å². The quantitative estimate of drug-likeness (QED) is 0.545. The molecule has 1 aliphatic rings. The van der Waals surface area contributed by atoms with E-state index < -0.39 is 0 Å². The highest BCUT2D eigenvalue weighted by Crippen LogP contribution is 2.33. The van der Waals surface area contributed by atoms with Crippen molar-refractivity contribution in [3.63, 3.8) is 0 Å². The minimum atomic E-state index is -0.170. The largest absolute Gasteiger partial charge is 0.438 e. The number of hydrogen-bond acceptors (Lipinski definition) is 6. The van der Waals surface area contributed by atoms with Crippen molar-refractivity contribution in [3.8, 4) is 0 Å². The first-order chi connectivity index (χ1) is 13.2. The predicted molar refractivity (Wildman–Crippen MR) is 97.9 cm³/mol. The summed E-state index contributed by atoms with van der Waals surface area (Å²) in [7, 11) is 1.78. The molecule has 1 aromatic carbocycles. The van der Waals surface area contributed by atoms with Gasteiger partial charge in [0.15, 0.2) is 11.2 Å². The van der Waals surface area contributed by atoms with Crippen molar-refractivity contribution in [2.45, 2.75) is 25.3 Å². The molecule has 0 aliphatic carbocycles. The standard InChI is InChI=1S/C19H18N6O2/c1-24-17-14(22-23-24)10-12(11-20-17)19(26)25-9-5-4-7-15(25)18-21-13-6-2-3-8-16(13)27-18/h2-3,6,8,10-11,15H,4-5,7,9H2,1H3. The maximum Gasteiger partial charge on any atom is 0.256 e. The summed E-state index contributed by atoms with van der Waals surface area (Å²) in [4.78, 5) is 24.0. The molecule has 3 aromatic heterocycles. The molecule has 1 saturated heterocycles. The third-order valence-electron chi connectivity index (χ3n) is 5.05. The summed E-state index contributed by atoms with van der Waals surface area (Å²) >= 11 is 0. The van der Waals surface area contributed by atoms with Crippen molar-refractivity contribution in [2.24, 2.45) is 7.05 Å². The monoisotopic (exact) mass is 362 g/mol. The average molecular weight is 362 g/mol. The number of carbonyl (C=O) groups excluding carboxylic acids is 1. The number of likely N-dealkylation sites (tertiary alicyclic amines) is 1. The van der Waals surface area contributed by atoms with Crippen LogP contribution in [0.1, 0.15) is 41.6 Å². The van der Waals surface area contributed by atoms with E-state index in [1.807, 2.05) is 29.2 Å². The number of carbonyl (C=O) groups is 1. The van der Waals surface area contributed by atoms with Crippen molar-refractivity contribution < 1.29 is 9.21 Å². The average Bonchev–Trinajstić information content (AvgIpc) is 3.31. The summed E-state index contributed by atoms with van der Waals surface area (Å²) < 4.78 is 7.54. The molecule has 1 amide bonds. The van der Waals surface area contributed by atoms with Gasteiger partial charge >= 0.3 is 0 Å². The molecule has 27 heavy (non-hydrogen) atoms. The number of pyridine rings is 1. The molecule has 0 bridgehead atoms. The Labute approximate surface area is 154 Å². The van der Waals surface area contributed by atoms with Crippen LogP contribution in [-0.4, -0.2) is 42.3 Å². The van der Waals surface area contributed by atoms with E-state index in [9.17, 15) is 4.79 Å². The molecule has 5 rings (SSSR count). The van der Waals surface area contributed by atoms with Crippen LogP contribution in [0, 0.1) is 0 Å². The maximum absolute atomic E-state index is 13.2. The highest BCUT2D eigenvalue weighted by Gasteiger charge is 2.32. The number of para-hydroxylation sites is 2. The molecular weight excluding hydrogens is 344 g/mol. The first kappa shape index (κ1) is 15.9. The lowest BCUT2D eigenvalue weighted by Gasteiger charge is -2.33. The molecule has 1 unspecified atom stereocenters. The van der Waals surface area contributed by atoms with Crippen LogP contribution in [-0.2, 0) is 7.05 Å². The summed E-state index contributed by atoms with van der Waals surface area (Å²) in [6.07, 6.45) is 4.42. The molecule has 8 nitrogen and oxygen atoms in total. The molecule has 8 heteroatoms. The van der Waals surface area contributed by atoms with E-state index in [4.69, 9.17) is 4.42 Å². The molecule has 0 radical (unpaired) electrons. The second-order valence-corrected chi connectivity index (χ2v) is 6.81. The van der Waals surface area contributed by atoms with Gasteiger partial charge in [-0.15, -0.1) is 5.10 Å². The Kier molecular flexibility index (Phi) is 3.63. The van der Waals surface area contributed by atoms with Gasteiger partial charge in [0.2, 0.25) is 5.89 Å². The second kappa shape index (κ2) is 6.15. The van der Waals surface area contributed by atoms with Gasteiger partial charge in [-0.1, -0.05) is 17.3 Å². The van der Waals surface area contributed by atoms with E-state index in [0.29, 0.717) is 29.2 Å². The number of fused-ring (bicyclic) bond motifs is 2. The van der Waals surface area contributed by atoms with Gasteiger partial charge in [0.1, 0.15) is 17.1 Å². The van der Waals surface area contributed by atoms with E-state index in [1.54, 1.807) is 24.0 Å². The molecule has 1 fully saturated rings. The predicted octanol–water partition coefficient (Wildman–Crippen LogP) is 2.87. The van der Waals surface area contributed by atoms with Crippen molar-refractivity contribution in [3.05, 3.63) is 48.0 Å². The fraction of sp³-hybridized carbons (Fsp3) is 0.316. The van der Waals surface area contributed by atoms with Crippen LogP contribution in [0.5, 0.6) is 0 Å². The van der Waals surface area contributed by atoms with Crippen molar-refractivity contribution in [1.82, 2.24) is 29.9 Å². The van der Waals surface area contributed by atoms with Gasteiger partial charge in [-0.25, -0.2) is 14.6 Å². The molecule has 136 valence electrons. The fourth-order valence-corrected chi connectivity index (χ4v) is 3.67. The zero-order valence-electron chi connectivity index (χ0n) is 14.9. The molecule has 1 atom stereocenters. The zero-order chi connectivity index (χ0) is 18.4. The van der Waals surface area contributed by atoms with Gasteiger partial charge < -0.3 is 9.32 Å². The third kappa shape index (κ3) is 2.64. The first-order valence-electron chi connectivity index (χ1n) is 9.02. The summed E-state index contributed by atoms with van der Waals surface area (Å²) in [6, 6.07) is 9.24. The Bertz CT molecular complexity index is 1110. The van der Waals surface area contributed by atoms with E-state index in [0.717, 1.165) is 30.4 Å². The smallest absolute Gasteiger partial charge is 0.256 e. The molecular formula is C19H18N6O2. The van der Waals surface area contributed by atoms with Crippen LogP contribution < -0.4 is 0 Å². The maximum atomic E-state index is 13.2. The van der Waals surface area contributed by atoms with Crippen LogP contribution in [0.15, 0.2) is 40.9 Å². The Morgan fingerprint density at radius 3 is 3.00 bits per heavy atom. The molecule has 0 saturated carbocycles. The number of piperidine rings is 1. The minimum absolute atomic E-state index is 0.0815. The Morgan fingerprint density at radius 2 is 2.11 bits per heavy atom. The number of oxazole rings is 1. The van der Waals surface area contributed by atoms with Gasteiger partial charge in [0.25, 0.3) is 5.91 Å². The fourth-order valence-electron chi connectivity index (χ4n) is 3.67. The Hall–Kier alpha value is -3.29. The van der Waals surface area contributed by atoms with E-state index in [-0.39, 0.29) is 11.9 Å². The number of amides is 1. The van der Waals surface area contributed by atoms with Gasteiger partial charge in [-0.05, 0) is 37.5 Å². The molecule has 0 N–H and O–H groups in total. The topological polar surface area (TPSA) is 89.9 Å². The lowest BCUT2D eigenvalue weighted by atomic mass is 10.0. The third-order valence-corrected chi connectivity index (χ3v) is 5.05. The Morgan fingerprint density at radius 1 is 1.22 bits per heavy atom. The van der Waals surface area contributed by atoms with Gasteiger partial charge in [0.05, 0.1) is 5.56 Å². The summed E-state index contributed by atoms with van der Waals surface area (Å²) in [5.74, 6) is 0.514. The molecule has 0 spiro atoms. The number of hydrogen-bond donors (Lipinski definition) is 0. The highest BCUT2D eigenvalue weighted by molar-refractivity contribution is 5.96. The SMILES string of the molecule is Cn1nnc2cc(C(=O)N3CCCCC3c3nc4ccccc4o3)cnc21. The first-order valence-corrected chi connectivity index (χ1v) is 9.02. The summed E-state index contributed by atoms with van der Waals surface area (Å²) in [5, 5.41) is 8.01. The lowest BCUT2D eigenvalue weighted by Crippen LogP contribution is -2.38. The number of rotatable bonds is 2. The molecule has 1 aliphatic heterocycles. The number of benzene rings is 1. The molecule has 4 aromatic rings. The summed E-state index contributed by atoms with van der Waals surface area (Å²) in [5.41, 5.74) is 3.33. The highest BCUT2D eigenvalue weighted by atomic mass is 16.3. The Balaban J connectivity index is 1.51. The van der Waals surface area contributed by atoms with E-state index >= 15 is 0 Å².